The lowest BCUT2D eigenvalue weighted by Gasteiger charge is -2.29. The van der Waals surface area contributed by atoms with Crippen LogP contribution in [0, 0.1) is 0 Å². The van der Waals surface area contributed by atoms with E-state index in [1.54, 1.807) is 6.26 Å². The number of hydrogen-bond acceptors (Lipinski definition) is 5. The van der Waals surface area contributed by atoms with Gasteiger partial charge in [0.1, 0.15) is 11.8 Å². The molecular weight excluding hydrogens is 408 g/mol. The van der Waals surface area contributed by atoms with Crippen LogP contribution >= 0.6 is 0 Å². The number of anilines is 1. The third kappa shape index (κ3) is 3.88. The van der Waals surface area contributed by atoms with Crippen LogP contribution in [-0.4, -0.2) is 36.1 Å². The highest BCUT2D eigenvalue weighted by Crippen LogP contribution is 2.34. The maximum atomic E-state index is 5.94. The third-order valence-corrected chi connectivity index (χ3v) is 6.28. The second-order valence-corrected chi connectivity index (χ2v) is 8.32. The van der Waals surface area contributed by atoms with Gasteiger partial charge in [-0.25, -0.2) is 0 Å². The first-order valence-electron chi connectivity index (χ1n) is 11.3. The molecule has 0 bridgehead atoms. The Morgan fingerprint density at radius 3 is 2.33 bits per heavy atom. The van der Waals surface area contributed by atoms with Crippen LogP contribution in [0.4, 0.5) is 5.69 Å². The van der Waals surface area contributed by atoms with Crippen molar-refractivity contribution in [3.8, 4) is 33.4 Å². The van der Waals surface area contributed by atoms with Crippen LogP contribution in [0.2, 0.25) is 0 Å². The molecule has 1 aliphatic heterocycles. The van der Waals surface area contributed by atoms with Crippen LogP contribution < -0.4 is 10.2 Å². The lowest BCUT2D eigenvalue weighted by Crippen LogP contribution is -2.43. The summed E-state index contributed by atoms with van der Waals surface area (Å²) in [5.41, 5.74) is 9.51. The van der Waals surface area contributed by atoms with Crippen molar-refractivity contribution in [1.82, 2.24) is 15.3 Å². The average Bonchev–Trinajstić information content (AvgIpc) is 3.33. The molecule has 3 aromatic heterocycles. The Hall–Kier alpha value is -3.96. The molecule has 5 heteroatoms. The summed E-state index contributed by atoms with van der Waals surface area (Å²) in [7, 11) is 0. The van der Waals surface area contributed by atoms with E-state index in [0.717, 1.165) is 70.7 Å². The molecule has 1 aliphatic rings. The molecule has 0 spiro atoms. The number of aromatic nitrogens is 2. The van der Waals surface area contributed by atoms with Gasteiger partial charge in [0, 0.05) is 61.6 Å². The maximum Gasteiger partial charge on any atom is 0.153 e. The van der Waals surface area contributed by atoms with Crippen molar-refractivity contribution in [3.63, 3.8) is 0 Å². The third-order valence-electron chi connectivity index (χ3n) is 6.28. The molecule has 6 rings (SSSR count). The van der Waals surface area contributed by atoms with Crippen LogP contribution in [0.5, 0.6) is 0 Å². The van der Waals surface area contributed by atoms with Crippen LogP contribution in [0.25, 0.3) is 44.5 Å². The van der Waals surface area contributed by atoms with Crippen LogP contribution in [0.3, 0.4) is 0 Å². The number of furan rings is 1. The molecule has 0 saturated carbocycles. The smallest absolute Gasteiger partial charge is 0.153 e. The van der Waals surface area contributed by atoms with E-state index in [0.29, 0.717) is 0 Å². The van der Waals surface area contributed by atoms with Crippen molar-refractivity contribution in [3.05, 3.63) is 91.6 Å². The molecule has 33 heavy (non-hydrogen) atoms. The first-order valence-corrected chi connectivity index (χ1v) is 11.3. The fourth-order valence-corrected chi connectivity index (χ4v) is 4.48. The Morgan fingerprint density at radius 2 is 1.52 bits per heavy atom. The highest BCUT2D eigenvalue weighted by atomic mass is 16.3. The Kier molecular flexibility index (Phi) is 5.09. The van der Waals surface area contributed by atoms with Gasteiger partial charge in [-0.2, -0.15) is 0 Å². The minimum absolute atomic E-state index is 0.794. The summed E-state index contributed by atoms with van der Waals surface area (Å²) in [6.45, 7) is 4.16. The highest BCUT2D eigenvalue weighted by molar-refractivity contribution is 5.93. The number of nitrogens with one attached hydrogen (secondary N) is 1. The molecule has 1 fully saturated rings. The molecule has 5 nitrogen and oxygen atoms in total. The van der Waals surface area contributed by atoms with Crippen molar-refractivity contribution in [2.75, 3.05) is 31.1 Å². The number of fused-ring (bicyclic) bond motifs is 1. The fraction of sp³-hybridized carbons (Fsp3) is 0.143. The molecule has 0 radical (unpaired) electrons. The number of nitrogens with zero attached hydrogens (tertiary/aromatic N) is 3. The normalized spacial score (nSPS) is 14.0. The second kappa shape index (κ2) is 8.52. The number of piperazine rings is 1. The fourth-order valence-electron chi connectivity index (χ4n) is 4.48. The lowest BCUT2D eigenvalue weighted by molar-refractivity contribution is 0.589. The maximum absolute atomic E-state index is 5.94. The molecule has 1 saturated heterocycles. The first kappa shape index (κ1) is 19.7. The van der Waals surface area contributed by atoms with Gasteiger partial charge in [-0.05, 0) is 58.7 Å². The molecule has 1 N–H and O–H groups in total. The van der Waals surface area contributed by atoms with E-state index < -0.39 is 0 Å². The monoisotopic (exact) mass is 432 g/mol. The van der Waals surface area contributed by atoms with Gasteiger partial charge in [-0.15, -0.1) is 0 Å². The van der Waals surface area contributed by atoms with Gasteiger partial charge in [-0.1, -0.05) is 30.3 Å². The summed E-state index contributed by atoms with van der Waals surface area (Å²) in [5, 5.41) is 3.40. The predicted octanol–water partition coefficient (Wildman–Crippen LogP) is 5.63. The SMILES string of the molecule is c1cc(-c2ccncc2)cc(-c2coc3cc(-c4ccc(N5CCNCC5)cc4)cnc23)c1. The first-order chi connectivity index (χ1) is 16.3. The van der Waals surface area contributed by atoms with Crippen molar-refractivity contribution in [2.45, 2.75) is 0 Å². The zero-order valence-electron chi connectivity index (χ0n) is 18.2. The summed E-state index contributed by atoms with van der Waals surface area (Å²) in [6, 6.07) is 23.3. The van der Waals surface area contributed by atoms with Crippen molar-refractivity contribution >= 4 is 16.8 Å². The molecule has 5 aromatic rings. The molecule has 2 aromatic carbocycles. The zero-order chi connectivity index (χ0) is 22.0. The van der Waals surface area contributed by atoms with E-state index in [9.17, 15) is 0 Å². The number of rotatable bonds is 4. The molecule has 0 amide bonds. The van der Waals surface area contributed by atoms with E-state index in [4.69, 9.17) is 9.40 Å². The number of benzene rings is 2. The van der Waals surface area contributed by atoms with E-state index in [-0.39, 0.29) is 0 Å². The standard InChI is InChI=1S/C28H24N4O/c1-2-22(21-8-10-29-11-9-21)16-23(3-1)26-19-33-27-17-24(18-31-28(26)27)20-4-6-25(7-5-20)32-14-12-30-13-15-32/h1-11,16-19,30H,12-15H2. The van der Waals surface area contributed by atoms with Gasteiger partial charge in [-0.3, -0.25) is 9.97 Å². The predicted molar refractivity (Wildman–Crippen MR) is 133 cm³/mol. The molecule has 0 aliphatic carbocycles. The van der Waals surface area contributed by atoms with E-state index in [2.05, 4.69) is 69.8 Å². The molecule has 162 valence electrons. The highest BCUT2D eigenvalue weighted by Gasteiger charge is 2.13. The van der Waals surface area contributed by atoms with Gasteiger partial charge in [0.25, 0.3) is 0 Å². The summed E-state index contributed by atoms with van der Waals surface area (Å²) in [4.78, 5) is 11.3. The molecular formula is C28H24N4O. The van der Waals surface area contributed by atoms with E-state index in [1.807, 2.05) is 30.7 Å². The van der Waals surface area contributed by atoms with Gasteiger partial charge in [0.05, 0.1) is 0 Å². The molecule has 0 atom stereocenters. The summed E-state index contributed by atoms with van der Waals surface area (Å²) < 4.78 is 5.94. The quantitative estimate of drug-likeness (QED) is 0.399. The van der Waals surface area contributed by atoms with Gasteiger partial charge in [0.2, 0.25) is 0 Å². The van der Waals surface area contributed by atoms with Crippen LogP contribution in [0.15, 0.2) is 96.0 Å². The minimum Gasteiger partial charge on any atom is -0.462 e. The van der Waals surface area contributed by atoms with E-state index in [1.165, 1.54) is 5.69 Å². The average molecular weight is 433 g/mol. The van der Waals surface area contributed by atoms with Crippen LogP contribution in [-0.2, 0) is 0 Å². The Balaban J connectivity index is 1.30. The van der Waals surface area contributed by atoms with Crippen LogP contribution in [0.1, 0.15) is 0 Å². The topological polar surface area (TPSA) is 54.2 Å². The Labute approximate surface area is 192 Å². The zero-order valence-corrected chi connectivity index (χ0v) is 18.2. The molecule has 0 unspecified atom stereocenters. The Bertz CT molecular complexity index is 1390. The van der Waals surface area contributed by atoms with Crippen molar-refractivity contribution in [1.29, 1.82) is 0 Å². The minimum atomic E-state index is 0.794. The van der Waals surface area contributed by atoms with Gasteiger partial charge >= 0.3 is 0 Å². The molecule has 4 heterocycles. The van der Waals surface area contributed by atoms with Gasteiger partial charge < -0.3 is 14.6 Å². The lowest BCUT2D eigenvalue weighted by atomic mass is 10.0. The van der Waals surface area contributed by atoms with Crippen molar-refractivity contribution < 1.29 is 4.42 Å². The second-order valence-electron chi connectivity index (χ2n) is 8.32. The largest absolute Gasteiger partial charge is 0.462 e. The number of hydrogen-bond donors (Lipinski definition) is 1. The summed E-state index contributed by atoms with van der Waals surface area (Å²) >= 11 is 0. The van der Waals surface area contributed by atoms with Crippen molar-refractivity contribution in [2.24, 2.45) is 0 Å². The summed E-state index contributed by atoms with van der Waals surface area (Å²) in [6.07, 6.45) is 7.37. The van der Waals surface area contributed by atoms with E-state index >= 15 is 0 Å². The van der Waals surface area contributed by atoms with Gasteiger partial charge in [0.15, 0.2) is 5.58 Å². The summed E-state index contributed by atoms with van der Waals surface area (Å²) in [5.74, 6) is 0. The Morgan fingerprint density at radius 1 is 0.758 bits per heavy atom. The number of pyridine rings is 2.